The maximum absolute atomic E-state index is 5.67. The summed E-state index contributed by atoms with van der Waals surface area (Å²) in [6.07, 6.45) is 11.0. The number of rotatable bonds is 5. The van der Waals surface area contributed by atoms with Gasteiger partial charge < -0.3 is 14.8 Å². The lowest BCUT2D eigenvalue weighted by Crippen LogP contribution is -2.07. The molecule has 0 unspecified atom stereocenters. The molecule has 1 aliphatic heterocycles. The molecule has 0 atom stereocenters. The van der Waals surface area contributed by atoms with Gasteiger partial charge >= 0.3 is 0 Å². The van der Waals surface area contributed by atoms with E-state index in [-0.39, 0.29) is 0 Å². The summed E-state index contributed by atoms with van der Waals surface area (Å²) in [7, 11) is 1.93. The largest absolute Gasteiger partial charge is 0.490 e. The quantitative estimate of drug-likeness (QED) is 0.822. The van der Waals surface area contributed by atoms with Crippen LogP contribution in [0.5, 0.6) is 11.5 Å². The van der Waals surface area contributed by atoms with Crippen LogP contribution in [0.1, 0.15) is 44.6 Å². The molecule has 3 rings (SSSR count). The molecule has 1 aromatic carbocycles. The second-order valence-corrected chi connectivity index (χ2v) is 5.88. The maximum Gasteiger partial charge on any atom is 0.165 e. The highest BCUT2D eigenvalue weighted by Crippen LogP contribution is 2.33. The van der Waals surface area contributed by atoms with E-state index in [0.717, 1.165) is 49.2 Å². The Bertz CT molecular complexity index is 467. The molecule has 1 N–H and O–H groups in total. The third kappa shape index (κ3) is 5.72. The van der Waals surface area contributed by atoms with Gasteiger partial charge in [0.25, 0.3) is 0 Å². The summed E-state index contributed by atoms with van der Waals surface area (Å²) in [6, 6.07) is 6.02. The summed E-state index contributed by atoms with van der Waals surface area (Å²) in [6.45, 7) is 4.49. The normalized spacial score (nSPS) is 16.8. The van der Waals surface area contributed by atoms with Gasteiger partial charge in [0, 0.05) is 18.5 Å². The first-order valence-electron chi connectivity index (χ1n) is 8.52. The lowest BCUT2D eigenvalue weighted by Gasteiger charge is -2.11. The number of nitrogens with one attached hydrogen (secondary N) is 1. The zero-order valence-corrected chi connectivity index (χ0v) is 13.9. The van der Waals surface area contributed by atoms with Gasteiger partial charge in [0.15, 0.2) is 11.5 Å². The van der Waals surface area contributed by atoms with Crippen molar-refractivity contribution < 1.29 is 9.47 Å². The Hall–Kier alpha value is -1.48. The fraction of sp³-hybridized carbons (Fsp3) is 0.579. The topological polar surface area (TPSA) is 30.5 Å². The van der Waals surface area contributed by atoms with Crippen LogP contribution in [0.25, 0.3) is 0 Å². The predicted molar refractivity (Wildman–Crippen MR) is 91.6 cm³/mol. The van der Waals surface area contributed by atoms with Gasteiger partial charge in [-0.3, -0.25) is 0 Å². The van der Waals surface area contributed by atoms with Crippen LogP contribution in [0, 0.1) is 5.92 Å². The van der Waals surface area contributed by atoms with Crippen molar-refractivity contribution in [2.75, 3.05) is 20.3 Å². The second-order valence-electron chi connectivity index (χ2n) is 5.88. The molecule has 1 saturated carbocycles. The van der Waals surface area contributed by atoms with E-state index in [1.54, 1.807) is 0 Å². The number of ether oxygens (including phenoxy) is 2. The fourth-order valence-electron chi connectivity index (χ4n) is 2.39. The molecular weight excluding hydrogens is 274 g/mol. The number of hydrogen-bond acceptors (Lipinski definition) is 3. The molecule has 1 heterocycles. The van der Waals surface area contributed by atoms with Crippen LogP contribution in [0.3, 0.4) is 0 Å². The zero-order chi connectivity index (χ0) is 15.6. The van der Waals surface area contributed by atoms with Gasteiger partial charge in [-0.2, -0.15) is 0 Å². The van der Waals surface area contributed by atoms with Crippen molar-refractivity contribution in [1.29, 1.82) is 0 Å². The van der Waals surface area contributed by atoms with Crippen molar-refractivity contribution in [2.45, 2.75) is 45.6 Å². The van der Waals surface area contributed by atoms with E-state index < -0.39 is 0 Å². The van der Waals surface area contributed by atoms with E-state index in [2.05, 4.69) is 30.5 Å². The van der Waals surface area contributed by atoms with Crippen LogP contribution in [0.15, 0.2) is 30.4 Å². The molecule has 3 nitrogen and oxygen atoms in total. The highest BCUT2D eigenvalue weighted by molar-refractivity contribution is 5.46. The predicted octanol–water partition coefficient (Wildman–Crippen LogP) is 4.32. The van der Waals surface area contributed by atoms with Crippen molar-refractivity contribution in [3.05, 3.63) is 35.9 Å². The van der Waals surface area contributed by atoms with E-state index in [1.165, 1.54) is 25.7 Å². The highest BCUT2D eigenvalue weighted by Gasteiger charge is 2.18. The number of para-hydroxylation sites is 1. The van der Waals surface area contributed by atoms with Crippen LogP contribution in [0.2, 0.25) is 0 Å². The van der Waals surface area contributed by atoms with Crippen molar-refractivity contribution >= 4 is 0 Å². The number of allylic oxidation sites excluding steroid dienone is 2. The Labute approximate surface area is 134 Å². The fourth-order valence-corrected chi connectivity index (χ4v) is 2.39. The van der Waals surface area contributed by atoms with Crippen molar-refractivity contribution in [2.24, 2.45) is 5.92 Å². The molecule has 1 fully saturated rings. The van der Waals surface area contributed by atoms with Crippen molar-refractivity contribution in [3.63, 3.8) is 0 Å². The zero-order valence-electron chi connectivity index (χ0n) is 13.9. The van der Waals surface area contributed by atoms with Gasteiger partial charge in [0.1, 0.15) is 0 Å². The monoisotopic (exact) mass is 303 g/mol. The Morgan fingerprint density at radius 1 is 1.18 bits per heavy atom. The van der Waals surface area contributed by atoms with Crippen LogP contribution in [-0.2, 0) is 6.54 Å². The maximum atomic E-state index is 5.67. The minimum absolute atomic E-state index is 0.744. The molecule has 0 bridgehead atoms. The van der Waals surface area contributed by atoms with E-state index in [9.17, 15) is 0 Å². The van der Waals surface area contributed by atoms with Gasteiger partial charge in [-0.15, -0.1) is 0 Å². The molecule has 1 aromatic rings. The minimum atomic E-state index is 0.744. The first-order chi connectivity index (χ1) is 10.8. The summed E-state index contributed by atoms with van der Waals surface area (Å²) in [5.41, 5.74) is 1.16. The third-order valence-electron chi connectivity index (χ3n) is 3.79. The number of fused-ring (bicyclic) bond motifs is 1. The van der Waals surface area contributed by atoms with Crippen LogP contribution in [-0.4, -0.2) is 20.3 Å². The van der Waals surface area contributed by atoms with Crippen molar-refractivity contribution in [3.8, 4) is 11.5 Å². The van der Waals surface area contributed by atoms with Gasteiger partial charge in [-0.25, -0.2) is 0 Å². The molecule has 0 amide bonds. The molecule has 0 spiro atoms. The lowest BCUT2D eigenvalue weighted by molar-refractivity contribution is 0.296. The first-order valence-corrected chi connectivity index (χ1v) is 8.52. The average Bonchev–Trinajstić information content (AvgIpc) is 3.35. The second kappa shape index (κ2) is 9.52. The molecular formula is C19H29NO2. The average molecular weight is 303 g/mol. The van der Waals surface area contributed by atoms with Crippen LogP contribution in [0.4, 0.5) is 0 Å². The Morgan fingerprint density at radius 3 is 2.73 bits per heavy atom. The Morgan fingerprint density at radius 2 is 2.00 bits per heavy atom. The van der Waals surface area contributed by atoms with Gasteiger partial charge in [-0.1, -0.05) is 31.2 Å². The smallest absolute Gasteiger partial charge is 0.165 e. The molecule has 2 aliphatic rings. The summed E-state index contributed by atoms with van der Waals surface area (Å²) in [4.78, 5) is 0. The molecule has 3 heteroatoms. The van der Waals surface area contributed by atoms with E-state index in [0.29, 0.717) is 0 Å². The van der Waals surface area contributed by atoms with Gasteiger partial charge in [-0.05, 0) is 44.7 Å². The third-order valence-corrected chi connectivity index (χ3v) is 3.79. The molecule has 0 aromatic heterocycles. The molecule has 122 valence electrons. The lowest BCUT2D eigenvalue weighted by atomic mass is 10.2. The van der Waals surface area contributed by atoms with Crippen LogP contribution >= 0.6 is 0 Å². The van der Waals surface area contributed by atoms with E-state index in [4.69, 9.17) is 9.47 Å². The van der Waals surface area contributed by atoms with Gasteiger partial charge in [0.05, 0.1) is 13.2 Å². The van der Waals surface area contributed by atoms with Gasteiger partial charge in [0.2, 0.25) is 0 Å². The standard InChI is InChI=1S/C11H15NO2.C8H14/c1-12-8-9-4-2-5-10-11(9)14-7-3-6-13-10;1-2-3-4-5-8-6-7-8/h2,4-5,12H,3,6-8H2,1H3;3-4,8H,2,5-7H2,1H3/b;4-3-. The van der Waals surface area contributed by atoms with Crippen molar-refractivity contribution in [1.82, 2.24) is 5.32 Å². The molecule has 0 saturated heterocycles. The molecule has 22 heavy (non-hydrogen) atoms. The number of hydrogen-bond donors (Lipinski definition) is 1. The van der Waals surface area contributed by atoms with E-state index in [1.807, 2.05) is 19.2 Å². The summed E-state index contributed by atoms with van der Waals surface area (Å²) in [5.74, 6) is 2.84. The Kier molecular flexibility index (Phi) is 7.31. The van der Waals surface area contributed by atoms with Crippen LogP contribution < -0.4 is 14.8 Å². The van der Waals surface area contributed by atoms with E-state index >= 15 is 0 Å². The minimum Gasteiger partial charge on any atom is -0.490 e. The summed E-state index contributed by atoms with van der Waals surface area (Å²) < 4.78 is 11.2. The summed E-state index contributed by atoms with van der Waals surface area (Å²) >= 11 is 0. The Balaban J connectivity index is 0.000000188. The molecule has 1 aliphatic carbocycles. The number of benzene rings is 1. The SMILES string of the molecule is CC/C=C\CC1CC1.CNCc1cccc2c1OCCCO2. The summed E-state index contributed by atoms with van der Waals surface area (Å²) in [5, 5.41) is 3.12. The first kappa shape index (κ1) is 16.9. The molecule has 0 radical (unpaired) electrons. The highest BCUT2D eigenvalue weighted by atomic mass is 16.5.